The van der Waals surface area contributed by atoms with Crippen LogP contribution in [-0.4, -0.2) is 24.1 Å². The largest absolute Gasteiger partial charge is 0.360 e. The van der Waals surface area contributed by atoms with Crippen LogP contribution in [0.1, 0.15) is 65.1 Å². The van der Waals surface area contributed by atoms with Crippen LogP contribution < -0.4 is 10.2 Å². The average Bonchev–Trinajstić information content (AvgIpc) is 2.42. The quantitative estimate of drug-likeness (QED) is 0.779. The highest BCUT2D eigenvalue weighted by Crippen LogP contribution is 2.17. The second kappa shape index (κ2) is 8.38. The minimum absolute atomic E-state index is 0.141. The number of anilines is 1. The third kappa shape index (κ3) is 6.94. The van der Waals surface area contributed by atoms with E-state index in [1.165, 1.54) is 24.1 Å². The van der Waals surface area contributed by atoms with Crippen molar-refractivity contribution < 1.29 is 0 Å². The van der Waals surface area contributed by atoms with Crippen molar-refractivity contribution in [3.05, 3.63) is 23.4 Å². The molecule has 0 saturated carbocycles. The third-order valence-electron chi connectivity index (χ3n) is 3.49. The monoisotopic (exact) mass is 291 g/mol. The smallest absolute Gasteiger partial charge is 0.128 e. The maximum Gasteiger partial charge on any atom is 0.128 e. The number of pyridine rings is 1. The lowest BCUT2D eigenvalue weighted by molar-refractivity contribution is 0.424. The third-order valence-corrected chi connectivity index (χ3v) is 3.49. The fourth-order valence-electron chi connectivity index (χ4n) is 2.19. The van der Waals surface area contributed by atoms with Crippen LogP contribution in [0.15, 0.2) is 12.1 Å². The summed E-state index contributed by atoms with van der Waals surface area (Å²) >= 11 is 0. The van der Waals surface area contributed by atoms with E-state index >= 15 is 0 Å². The van der Waals surface area contributed by atoms with Crippen molar-refractivity contribution in [2.24, 2.45) is 0 Å². The van der Waals surface area contributed by atoms with Gasteiger partial charge in [0.1, 0.15) is 5.82 Å². The number of aromatic nitrogens is 1. The van der Waals surface area contributed by atoms with Crippen LogP contribution in [0, 0.1) is 0 Å². The SMILES string of the molecule is CCCCN(C)c1cc(CNC(C)(C)C)cc(CCC)n1. The molecule has 120 valence electrons. The number of rotatable bonds is 8. The minimum atomic E-state index is 0.141. The summed E-state index contributed by atoms with van der Waals surface area (Å²) in [5.41, 5.74) is 2.69. The summed E-state index contributed by atoms with van der Waals surface area (Å²) in [6, 6.07) is 4.48. The molecule has 0 atom stereocenters. The van der Waals surface area contributed by atoms with Crippen molar-refractivity contribution in [1.29, 1.82) is 0 Å². The molecule has 0 amide bonds. The highest BCUT2D eigenvalue weighted by atomic mass is 15.2. The maximum absolute atomic E-state index is 4.82. The Labute approximate surface area is 131 Å². The molecule has 0 aromatic carbocycles. The highest BCUT2D eigenvalue weighted by Gasteiger charge is 2.11. The first-order valence-corrected chi connectivity index (χ1v) is 8.31. The van der Waals surface area contributed by atoms with Gasteiger partial charge in [-0.3, -0.25) is 0 Å². The molecule has 3 heteroatoms. The number of aryl methyl sites for hydroxylation is 1. The predicted molar refractivity (Wildman–Crippen MR) is 93.0 cm³/mol. The van der Waals surface area contributed by atoms with Gasteiger partial charge in [-0.05, 0) is 51.3 Å². The van der Waals surface area contributed by atoms with E-state index in [4.69, 9.17) is 4.98 Å². The van der Waals surface area contributed by atoms with Gasteiger partial charge in [0.25, 0.3) is 0 Å². The van der Waals surface area contributed by atoms with Gasteiger partial charge in [-0.2, -0.15) is 0 Å². The Morgan fingerprint density at radius 3 is 2.43 bits per heavy atom. The van der Waals surface area contributed by atoms with E-state index in [0.717, 1.165) is 31.7 Å². The summed E-state index contributed by atoms with van der Waals surface area (Å²) in [6.07, 6.45) is 4.63. The number of unbranched alkanes of at least 4 members (excludes halogenated alkanes) is 1. The molecule has 0 aliphatic rings. The Balaban J connectivity index is 2.88. The number of hydrogen-bond donors (Lipinski definition) is 1. The Morgan fingerprint density at radius 2 is 1.86 bits per heavy atom. The first-order chi connectivity index (χ1) is 9.85. The van der Waals surface area contributed by atoms with Crippen molar-refractivity contribution in [2.75, 3.05) is 18.5 Å². The Hall–Kier alpha value is -1.09. The normalized spacial score (nSPS) is 11.7. The summed E-state index contributed by atoms with van der Waals surface area (Å²) in [6.45, 7) is 13.0. The molecule has 0 saturated heterocycles. The standard InChI is InChI=1S/C18H33N3/c1-7-9-11-21(6)17-13-15(14-19-18(3,4)5)12-16(20-17)10-8-2/h12-13,19H,7-11,14H2,1-6H3. The molecule has 1 heterocycles. The van der Waals surface area contributed by atoms with E-state index in [1.807, 2.05) is 0 Å². The molecule has 1 N–H and O–H groups in total. The first-order valence-electron chi connectivity index (χ1n) is 8.31. The highest BCUT2D eigenvalue weighted by molar-refractivity contribution is 5.42. The van der Waals surface area contributed by atoms with Gasteiger partial charge in [-0.1, -0.05) is 26.7 Å². The van der Waals surface area contributed by atoms with E-state index in [-0.39, 0.29) is 5.54 Å². The molecular formula is C18H33N3. The van der Waals surface area contributed by atoms with Crippen LogP contribution in [0.25, 0.3) is 0 Å². The van der Waals surface area contributed by atoms with Crippen molar-refractivity contribution in [3.63, 3.8) is 0 Å². The van der Waals surface area contributed by atoms with Crippen LogP contribution in [0.3, 0.4) is 0 Å². The van der Waals surface area contributed by atoms with Crippen LogP contribution in [0.5, 0.6) is 0 Å². The van der Waals surface area contributed by atoms with Crippen LogP contribution in [0.2, 0.25) is 0 Å². The lowest BCUT2D eigenvalue weighted by Gasteiger charge is -2.23. The van der Waals surface area contributed by atoms with E-state index in [9.17, 15) is 0 Å². The van der Waals surface area contributed by atoms with Crippen molar-refractivity contribution in [1.82, 2.24) is 10.3 Å². The molecule has 1 aromatic heterocycles. The molecule has 0 aliphatic heterocycles. The first kappa shape index (κ1) is 18.0. The maximum atomic E-state index is 4.82. The Kier molecular flexibility index (Phi) is 7.16. The molecule has 0 fully saturated rings. The Bertz CT molecular complexity index is 421. The van der Waals surface area contributed by atoms with Gasteiger partial charge >= 0.3 is 0 Å². The molecule has 1 rings (SSSR count). The molecule has 0 radical (unpaired) electrons. The molecular weight excluding hydrogens is 258 g/mol. The second-order valence-corrected chi connectivity index (χ2v) is 6.95. The van der Waals surface area contributed by atoms with Crippen molar-refractivity contribution >= 4 is 5.82 Å². The molecule has 3 nitrogen and oxygen atoms in total. The zero-order chi connectivity index (χ0) is 15.9. The summed E-state index contributed by atoms with van der Waals surface area (Å²) in [7, 11) is 2.15. The van der Waals surface area contributed by atoms with Crippen molar-refractivity contribution in [2.45, 2.75) is 72.4 Å². The average molecular weight is 291 g/mol. The van der Waals surface area contributed by atoms with Crippen LogP contribution in [0.4, 0.5) is 5.82 Å². The summed E-state index contributed by atoms with van der Waals surface area (Å²) in [5, 5.41) is 3.57. The number of hydrogen-bond acceptors (Lipinski definition) is 3. The van der Waals surface area contributed by atoms with E-state index in [0.29, 0.717) is 0 Å². The van der Waals surface area contributed by atoms with Gasteiger partial charge < -0.3 is 10.2 Å². The molecule has 0 spiro atoms. The topological polar surface area (TPSA) is 28.2 Å². The zero-order valence-electron chi connectivity index (χ0n) is 14.8. The van der Waals surface area contributed by atoms with Crippen LogP contribution >= 0.6 is 0 Å². The number of nitrogens with one attached hydrogen (secondary N) is 1. The van der Waals surface area contributed by atoms with Gasteiger partial charge in [-0.15, -0.1) is 0 Å². The number of nitrogens with zero attached hydrogens (tertiary/aromatic N) is 2. The lowest BCUT2D eigenvalue weighted by atomic mass is 10.1. The molecule has 0 unspecified atom stereocenters. The van der Waals surface area contributed by atoms with Gasteiger partial charge in [0.15, 0.2) is 0 Å². The second-order valence-electron chi connectivity index (χ2n) is 6.95. The minimum Gasteiger partial charge on any atom is -0.360 e. The lowest BCUT2D eigenvalue weighted by Crippen LogP contribution is -2.35. The molecule has 0 bridgehead atoms. The van der Waals surface area contributed by atoms with E-state index in [2.05, 4.69) is 64.0 Å². The van der Waals surface area contributed by atoms with Gasteiger partial charge in [0, 0.05) is 31.4 Å². The van der Waals surface area contributed by atoms with Crippen molar-refractivity contribution in [3.8, 4) is 0 Å². The fourth-order valence-corrected chi connectivity index (χ4v) is 2.19. The van der Waals surface area contributed by atoms with Crippen LogP contribution in [-0.2, 0) is 13.0 Å². The van der Waals surface area contributed by atoms with Gasteiger partial charge in [0.2, 0.25) is 0 Å². The molecule has 0 aliphatic carbocycles. The molecule has 21 heavy (non-hydrogen) atoms. The van der Waals surface area contributed by atoms with E-state index in [1.54, 1.807) is 0 Å². The van der Waals surface area contributed by atoms with Gasteiger partial charge in [-0.25, -0.2) is 4.98 Å². The summed E-state index contributed by atoms with van der Waals surface area (Å²) in [5.74, 6) is 1.11. The summed E-state index contributed by atoms with van der Waals surface area (Å²) in [4.78, 5) is 7.10. The predicted octanol–water partition coefficient (Wildman–Crippen LogP) is 4.16. The summed E-state index contributed by atoms with van der Waals surface area (Å²) < 4.78 is 0. The Morgan fingerprint density at radius 1 is 1.14 bits per heavy atom. The fraction of sp³-hybridized carbons (Fsp3) is 0.722. The zero-order valence-corrected chi connectivity index (χ0v) is 14.8. The molecule has 1 aromatic rings. The van der Waals surface area contributed by atoms with Gasteiger partial charge in [0.05, 0.1) is 0 Å². The van der Waals surface area contributed by atoms with E-state index < -0.39 is 0 Å².